The van der Waals surface area contributed by atoms with Gasteiger partial charge < -0.3 is 0 Å². The van der Waals surface area contributed by atoms with Gasteiger partial charge in [-0.15, -0.1) is 0 Å². The monoisotopic (exact) mass is 295 g/mol. The molecule has 1 aliphatic rings. The Hall–Kier alpha value is -0.370. The zero-order valence-corrected chi connectivity index (χ0v) is 13.0. The molecule has 1 unspecified atom stereocenters. The Bertz CT molecular complexity index is 409. The average Bonchev–Trinajstić information content (AvgIpc) is 2.61. The highest BCUT2D eigenvalue weighted by atomic mass is 79.9. The third kappa shape index (κ3) is 2.05. The first-order valence-corrected chi connectivity index (χ1v) is 7.24. The number of hydrogen-bond acceptors (Lipinski definition) is 1. The van der Waals surface area contributed by atoms with E-state index in [1.54, 1.807) is 0 Å². The van der Waals surface area contributed by atoms with Gasteiger partial charge in [-0.1, -0.05) is 49.7 Å². The predicted octanol–water partition coefficient (Wildman–Crippen LogP) is 4.38. The lowest BCUT2D eigenvalue weighted by Gasteiger charge is -2.12. The molecule has 94 valence electrons. The Labute approximate surface area is 113 Å². The Balaban J connectivity index is 2.10. The maximum atomic E-state index is 4.49. The largest absolute Gasteiger partial charge is 0.261 e. The quantitative estimate of drug-likeness (QED) is 0.754. The zero-order chi connectivity index (χ0) is 12.8. The van der Waals surface area contributed by atoms with E-state index in [0.29, 0.717) is 15.7 Å². The van der Waals surface area contributed by atoms with Crippen LogP contribution in [0.5, 0.6) is 0 Å². The molecule has 2 rings (SSSR count). The number of hydrogen-bond donors (Lipinski definition) is 0. The zero-order valence-electron chi connectivity index (χ0n) is 11.4. The van der Waals surface area contributed by atoms with Crippen molar-refractivity contribution in [3.8, 4) is 0 Å². The molecule has 1 nitrogen and oxygen atoms in total. The lowest BCUT2D eigenvalue weighted by molar-refractivity contribution is 0.457. The summed E-state index contributed by atoms with van der Waals surface area (Å²) in [6.07, 6.45) is 2.93. The number of pyridine rings is 1. The normalized spacial score (nSPS) is 23.4. The molecule has 1 fully saturated rings. The summed E-state index contributed by atoms with van der Waals surface area (Å²) in [5.74, 6) is 0.733. The molecular weight excluding hydrogens is 274 g/mol. The van der Waals surface area contributed by atoms with Crippen LogP contribution in [0.4, 0.5) is 0 Å². The molecule has 0 radical (unpaired) electrons. The molecule has 17 heavy (non-hydrogen) atoms. The molecular formula is C15H22BrN. The van der Waals surface area contributed by atoms with Gasteiger partial charge in [0.15, 0.2) is 0 Å². The summed E-state index contributed by atoms with van der Waals surface area (Å²) in [5.41, 5.74) is 3.40. The maximum Gasteiger partial charge on any atom is 0.0443 e. The van der Waals surface area contributed by atoms with Crippen molar-refractivity contribution < 1.29 is 0 Å². The van der Waals surface area contributed by atoms with Gasteiger partial charge in [-0.25, -0.2) is 0 Å². The number of aryl methyl sites for hydroxylation is 1. The van der Waals surface area contributed by atoms with Crippen LogP contribution in [0.3, 0.4) is 0 Å². The molecule has 1 aromatic rings. The molecule has 0 aromatic carbocycles. The molecule has 2 heteroatoms. The number of aromatic nitrogens is 1. The molecule has 0 N–H and O–H groups in total. The van der Waals surface area contributed by atoms with Crippen LogP contribution in [0.15, 0.2) is 18.3 Å². The van der Waals surface area contributed by atoms with Crippen LogP contribution >= 0.6 is 15.9 Å². The Morgan fingerprint density at radius 3 is 2.35 bits per heavy atom. The van der Waals surface area contributed by atoms with Crippen LogP contribution in [0.1, 0.15) is 39.0 Å². The first-order chi connectivity index (χ1) is 7.78. The van der Waals surface area contributed by atoms with Crippen molar-refractivity contribution in [2.24, 2.45) is 16.7 Å². The third-order valence-electron chi connectivity index (χ3n) is 5.00. The lowest BCUT2D eigenvalue weighted by Crippen LogP contribution is -2.12. The molecule has 1 aromatic heterocycles. The average molecular weight is 296 g/mol. The fraction of sp³-hybridized carbons (Fsp3) is 0.667. The third-order valence-corrected chi connectivity index (χ3v) is 5.85. The molecule has 1 atom stereocenters. The molecule has 1 saturated carbocycles. The Kier molecular flexibility index (Phi) is 3.14. The molecule has 0 spiro atoms. The highest BCUT2D eigenvalue weighted by Gasteiger charge is 2.66. The van der Waals surface area contributed by atoms with Crippen LogP contribution < -0.4 is 0 Å². The van der Waals surface area contributed by atoms with Crippen molar-refractivity contribution in [3.63, 3.8) is 0 Å². The molecule has 1 heterocycles. The van der Waals surface area contributed by atoms with E-state index >= 15 is 0 Å². The van der Waals surface area contributed by atoms with Crippen LogP contribution in [-0.4, -0.2) is 9.81 Å². The van der Waals surface area contributed by atoms with E-state index < -0.39 is 0 Å². The minimum Gasteiger partial charge on any atom is -0.261 e. The Morgan fingerprint density at radius 1 is 1.29 bits per heavy atom. The van der Waals surface area contributed by atoms with Crippen molar-refractivity contribution in [1.82, 2.24) is 4.98 Å². The van der Waals surface area contributed by atoms with Gasteiger partial charge in [0.1, 0.15) is 0 Å². The van der Waals surface area contributed by atoms with E-state index in [-0.39, 0.29) is 0 Å². The summed E-state index contributed by atoms with van der Waals surface area (Å²) in [7, 11) is 0. The van der Waals surface area contributed by atoms with E-state index in [0.717, 1.165) is 12.3 Å². The standard InChI is InChI=1S/C15H22BrN/c1-10-7-6-8-17-12(10)9-11(16)13-14(2,3)15(13,4)5/h6-8,11,13H,9H2,1-5H3. The van der Waals surface area contributed by atoms with Crippen molar-refractivity contribution in [1.29, 1.82) is 0 Å². The maximum absolute atomic E-state index is 4.49. The molecule has 0 saturated heterocycles. The number of halogens is 1. The van der Waals surface area contributed by atoms with Crippen LogP contribution in [0, 0.1) is 23.7 Å². The summed E-state index contributed by atoms with van der Waals surface area (Å²) in [6.45, 7) is 11.6. The van der Waals surface area contributed by atoms with Gasteiger partial charge in [-0.05, 0) is 35.3 Å². The smallest absolute Gasteiger partial charge is 0.0443 e. The first kappa shape index (κ1) is 13.1. The van der Waals surface area contributed by atoms with E-state index in [1.165, 1.54) is 11.3 Å². The van der Waals surface area contributed by atoms with Crippen LogP contribution in [-0.2, 0) is 6.42 Å². The second-order valence-corrected chi connectivity index (χ2v) is 7.58. The van der Waals surface area contributed by atoms with Crippen molar-refractivity contribution in [3.05, 3.63) is 29.6 Å². The van der Waals surface area contributed by atoms with E-state index in [9.17, 15) is 0 Å². The van der Waals surface area contributed by atoms with Crippen LogP contribution in [0.2, 0.25) is 0 Å². The predicted molar refractivity (Wildman–Crippen MR) is 76.4 cm³/mol. The van der Waals surface area contributed by atoms with Gasteiger partial charge in [-0.3, -0.25) is 4.98 Å². The number of nitrogens with zero attached hydrogens (tertiary/aromatic N) is 1. The van der Waals surface area contributed by atoms with E-state index in [1.807, 2.05) is 12.3 Å². The molecule has 0 aliphatic heterocycles. The lowest BCUT2D eigenvalue weighted by atomic mass is 10.0. The van der Waals surface area contributed by atoms with Crippen molar-refractivity contribution in [2.75, 3.05) is 0 Å². The van der Waals surface area contributed by atoms with Gasteiger partial charge in [0.2, 0.25) is 0 Å². The Morgan fingerprint density at radius 2 is 1.88 bits per heavy atom. The summed E-state index contributed by atoms with van der Waals surface area (Å²) in [6, 6.07) is 4.15. The van der Waals surface area contributed by atoms with Crippen LogP contribution in [0.25, 0.3) is 0 Å². The minimum absolute atomic E-state index is 0.434. The summed E-state index contributed by atoms with van der Waals surface area (Å²) < 4.78 is 0. The fourth-order valence-electron chi connectivity index (χ4n) is 3.19. The first-order valence-electron chi connectivity index (χ1n) is 6.33. The fourth-order valence-corrected chi connectivity index (χ4v) is 4.81. The second kappa shape index (κ2) is 4.08. The second-order valence-electron chi connectivity index (χ2n) is 6.41. The van der Waals surface area contributed by atoms with Crippen molar-refractivity contribution in [2.45, 2.75) is 45.9 Å². The number of alkyl halides is 1. The van der Waals surface area contributed by atoms with Gasteiger partial charge in [0.05, 0.1) is 0 Å². The minimum atomic E-state index is 0.434. The molecule has 1 aliphatic carbocycles. The summed E-state index contributed by atoms with van der Waals surface area (Å²) in [5, 5.41) is 0. The highest BCUT2D eigenvalue weighted by Crippen LogP contribution is 2.71. The molecule has 0 amide bonds. The van der Waals surface area contributed by atoms with Gasteiger partial charge in [-0.2, -0.15) is 0 Å². The van der Waals surface area contributed by atoms with Crippen molar-refractivity contribution >= 4 is 15.9 Å². The summed E-state index contributed by atoms with van der Waals surface area (Å²) in [4.78, 5) is 5.02. The van der Waals surface area contributed by atoms with Gasteiger partial charge >= 0.3 is 0 Å². The van der Waals surface area contributed by atoms with Gasteiger partial charge in [0, 0.05) is 23.1 Å². The topological polar surface area (TPSA) is 12.9 Å². The highest BCUT2D eigenvalue weighted by molar-refractivity contribution is 9.09. The molecule has 0 bridgehead atoms. The number of rotatable bonds is 3. The SMILES string of the molecule is Cc1cccnc1CC(Br)C1C(C)(C)C1(C)C. The van der Waals surface area contributed by atoms with E-state index in [2.05, 4.69) is 61.6 Å². The summed E-state index contributed by atoms with van der Waals surface area (Å²) >= 11 is 3.89. The van der Waals surface area contributed by atoms with Gasteiger partial charge in [0.25, 0.3) is 0 Å². The van der Waals surface area contributed by atoms with E-state index in [4.69, 9.17) is 0 Å².